The fourth-order valence-electron chi connectivity index (χ4n) is 2.53. The Balaban J connectivity index is 2.24. The van der Waals surface area contributed by atoms with Crippen molar-refractivity contribution in [1.82, 2.24) is 4.72 Å². The van der Waals surface area contributed by atoms with E-state index in [2.05, 4.69) is 36.6 Å². The van der Waals surface area contributed by atoms with Gasteiger partial charge in [-0.2, -0.15) is 0 Å². The molecule has 2 unspecified atom stereocenters. The minimum atomic E-state index is -3.59. The van der Waals surface area contributed by atoms with Crippen LogP contribution in [0.2, 0.25) is 0 Å². The topological polar surface area (TPSA) is 66.4 Å². The SMILES string of the molecule is O=S(=O)(NC1CCCCC1CO)c1cc(Br)ccc1Br. The summed E-state index contributed by atoms with van der Waals surface area (Å²) in [6.45, 7) is 0.0207. The molecule has 0 heterocycles. The van der Waals surface area contributed by atoms with Crippen LogP contribution in [0.3, 0.4) is 0 Å². The van der Waals surface area contributed by atoms with Crippen molar-refractivity contribution in [2.75, 3.05) is 6.61 Å². The molecule has 0 radical (unpaired) electrons. The Morgan fingerprint density at radius 1 is 1.25 bits per heavy atom. The van der Waals surface area contributed by atoms with Crippen molar-refractivity contribution in [2.45, 2.75) is 36.6 Å². The second kappa shape index (κ2) is 6.87. The van der Waals surface area contributed by atoms with E-state index in [0.717, 1.165) is 25.7 Å². The molecule has 7 heteroatoms. The molecule has 4 nitrogen and oxygen atoms in total. The van der Waals surface area contributed by atoms with Gasteiger partial charge in [0, 0.05) is 21.6 Å². The first kappa shape index (κ1) is 16.4. The molecule has 2 atom stereocenters. The first-order valence-electron chi connectivity index (χ1n) is 6.52. The highest BCUT2D eigenvalue weighted by atomic mass is 79.9. The maximum absolute atomic E-state index is 12.5. The van der Waals surface area contributed by atoms with Gasteiger partial charge in [0.2, 0.25) is 10.0 Å². The summed E-state index contributed by atoms with van der Waals surface area (Å²) in [7, 11) is -3.59. The lowest BCUT2D eigenvalue weighted by molar-refractivity contribution is 0.164. The quantitative estimate of drug-likeness (QED) is 0.777. The monoisotopic (exact) mass is 425 g/mol. The average molecular weight is 427 g/mol. The van der Waals surface area contributed by atoms with Crippen LogP contribution in [0.5, 0.6) is 0 Å². The molecule has 1 aromatic carbocycles. The van der Waals surface area contributed by atoms with Gasteiger partial charge >= 0.3 is 0 Å². The lowest BCUT2D eigenvalue weighted by Gasteiger charge is -2.30. The molecular formula is C13H17Br2NO3S. The minimum absolute atomic E-state index is 0.00412. The Bertz CT molecular complexity index is 577. The molecule has 2 N–H and O–H groups in total. The van der Waals surface area contributed by atoms with Crippen LogP contribution in [0, 0.1) is 5.92 Å². The van der Waals surface area contributed by atoms with Crippen LogP contribution < -0.4 is 4.72 Å². The molecule has 1 aromatic rings. The summed E-state index contributed by atoms with van der Waals surface area (Å²) in [6.07, 6.45) is 3.67. The Morgan fingerprint density at radius 3 is 2.65 bits per heavy atom. The zero-order valence-corrected chi connectivity index (χ0v) is 14.8. The standard InChI is InChI=1S/C13H17Br2NO3S/c14-10-5-6-11(15)13(7-10)20(18,19)16-12-4-2-1-3-9(12)8-17/h5-7,9,12,16-17H,1-4,8H2. The Labute approximate surface area is 136 Å². The molecule has 1 aliphatic carbocycles. The van der Waals surface area contributed by atoms with Gasteiger partial charge in [-0.1, -0.05) is 28.8 Å². The van der Waals surface area contributed by atoms with E-state index in [1.807, 2.05) is 0 Å². The molecule has 0 bridgehead atoms. The lowest BCUT2D eigenvalue weighted by Crippen LogP contribution is -2.43. The summed E-state index contributed by atoms with van der Waals surface area (Å²) in [6, 6.07) is 4.86. The molecule has 1 fully saturated rings. The number of aliphatic hydroxyl groups excluding tert-OH is 1. The normalized spacial score (nSPS) is 23.8. The van der Waals surface area contributed by atoms with Crippen LogP contribution in [-0.4, -0.2) is 26.2 Å². The van der Waals surface area contributed by atoms with Crippen LogP contribution in [-0.2, 0) is 10.0 Å². The number of sulfonamides is 1. The van der Waals surface area contributed by atoms with Crippen molar-refractivity contribution in [3.63, 3.8) is 0 Å². The number of aliphatic hydroxyl groups is 1. The average Bonchev–Trinajstić information content (AvgIpc) is 2.41. The molecule has 0 saturated heterocycles. The third-order valence-electron chi connectivity index (χ3n) is 3.63. The highest BCUT2D eigenvalue weighted by Gasteiger charge is 2.29. The maximum atomic E-state index is 12.5. The van der Waals surface area contributed by atoms with Gasteiger partial charge in [-0.3, -0.25) is 0 Å². The van der Waals surface area contributed by atoms with Crippen LogP contribution in [0.4, 0.5) is 0 Å². The molecule has 0 aromatic heterocycles. The zero-order chi connectivity index (χ0) is 14.8. The van der Waals surface area contributed by atoms with E-state index in [0.29, 0.717) is 8.95 Å². The van der Waals surface area contributed by atoms with E-state index in [9.17, 15) is 13.5 Å². The summed E-state index contributed by atoms with van der Waals surface area (Å²) in [5.41, 5.74) is 0. The second-order valence-corrected chi connectivity index (χ2v) is 8.48. The Kier molecular flexibility index (Phi) is 5.64. The molecule has 0 aliphatic heterocycles. The van der Waals surface area contributed by atoms with Crippen molar-refractivity contribution in [1.29, 1.82) is 0 Å². The summed E-state index contributed by atoms with van der Waals surface area (Å²) < 4.78 is 29.0. The third-order valence-corrected chi connectivity index (χ3v) is 6.61. The van der Waals surface area contributed by atoms with Gasteiger partial charge in [0.15, 0.2) is 0 Å². The van der Waals surface area contributed by atoms with Crippen molar-refractivity contribution >= 4 is 41.9 Å². The van der Waals surface area contributed by atoms with Crippen molar-refractivity contribution < 1.29 is 13.5 Å². The van der Waals surface area contributed by atoms with Gasteiger partial charge < -0.3 is 5.11 Å². The van der Waals surface area contributed by atoms with E-state index in [1.54, 1.807) is 18.2 Å². The van der Waals surface area contributed by atoms with Crippen LogP contribution in [0.15, 0.2) is 32.0 Å². The maximum Gasteiger partial charge on any atom is 0.241 e. The molecule has 2 rings (SSSR count). The van der Waals surface area contributed by atoms with Gasteiger partial charge in [-0.25, -0.2) is 13.1 Å². The third kappa shape index (κ3) is 3.82. The lowest BCUT2D eigenvalue weighted by atomic mass is 9.86. The summed E-state index contributed by atoms with van der Waals surface area (Å²) in [5, 5.41) is 9.38. The number of halogens is 2. The fourth-order valence-corrected chi connectivity index (χ4v) is 5.37. The number of benzene rings is 1. The zero-order valence-electron chi connectivity index (χ0n) is 10.9. The summed E-state index contributed by atoms with van der Waals surface area (Å²) >= 11 is 6.56. The van der Waals surface area contributed by atoms with E-state index >= 15 is 0 Å². The van der Waals surface area contributed by atoms with Gasteiger partial charge in [0.25, 0.3) is 0 Å². The van der Waals surface area contributed by atoms with Crippen molar-refractivity contribution in [2.24, 2.45) is 5.92 Å². The molecule has 112 valence electrons. The minimum Gasteiger partial charge on any atom is -0.396 e. The van der Waals surface area contributed by atoms with Gasteiger partial charge in [0.1, 0.15) is 0 Å². The number of nitrogens with one attached hydrogen (secondary N) is 1. The van der Waals surface area contributed by atoms with E-state index in [4.69, 9.17) is 0 Å². The first-order valence-corrected chi connectivity index (χ1v) is 9.59. The van der Waals surface area contributed by atoms with Crippen LogP contribution >= 0.6 is 31.9 Å². The van der Waals surface area contributed by atoms with Crippen LogP contribution in [0.25, 0.3) is 0 Å². The number of hydrogen-bond donors (Lipinski definition) is 2. The van der Waals surface area contributed by atoms with Crippen LogP contribution in [0.1, 0.15) is 25.7 Å². The van der Waals surface area contributed by atoms with Gasteiger partial charge in [-0.05, 0) is 52.9 Å². The highest BCUT2D eigenvalue weighted by molar-refractivity contribution is 9.11. The highest BCUT2D eigenvalue weighted by Crippen LogP contribution is 2.29. The molecular weight excluding hydrogens is 410 g/mol. The van der Waals surface area contributed by atoms with Gasteiger partial charge in [0.05, 0.1) is 4.90 Å². The summed E-state index contributed by atoms with van der Waals surface area (Å²) in [5.74, 6) is 0.00412. The molecule has 1 saturated carbocycles. The fraction of sp³-hybridized carbons (Fsp3) is 0.538. The summed E-state index contributed by atoms with van der Waals surface area (Å²) in [4.78, 5) is 0.217. The Morgan fingerprint density at radius 2 is 1.95 bits per heavy atom. The Hall–Kier alpha value is 0.0500. The number of hydrogen-bond acceptors (Lipinski definition) is 3. The van der Waals surface area contributed by atoms with E-state index in [-0.39, 0.29) is 23.5 Å². The molecule has 20 heavy (non-hydrogen) atoms. The second-order valence-electron chi connectivity index (χ2n) is 5.03. The molecule has 1 aliphatic rings. The number of rotatable bonds is 4. The predicted octanol–water partition coefficient (Wildman–Crippen LogP) is 3.04. The van der Waals surface area contributed by atoms with Crippen molar-refractivity contribution in [3.05, 3.63) is 27.1 Å². The largest absolute Gasteiger partial charge is 0.396 e. The molecule has 0 amide bonds. The first-order chi connectivity index (χ1) is 9.44. The molecule has 0 spiro atoms. The predicted molar refractivity (Wildman–Crippen MR) is 85.0 cm³/mol. The smallest absolute Gasteiger partial charge is 0.241 e. The van der Waals surface area contributed by atoms with Gasteiger partial charge in [-0.15, -0.1) is 0 Å². The van der Waals surface area contributed by atoms with E-state index < -0.39 is 10.0 Å². The van der Waals surface area contributed by atoms with E-state index in [1.165, 1.54) is 0 Å². The van der Waals surface area contributed by atoms with Crippen molar-refractivity contribution in [3.8, 4) is 0 Å².